The van der Waals surface area contributed by atoms with E-state index in [1.807, 2.05) is 6.92 Å². The third kappa shape index (κ3) is 3.70. The monoisotopic (exact) mass is 269 g/mol. The fourth-order valence-electron chi connectivity index (χ4n) is 1.76. The zero-order chi connectivity index (χ0) is 14.4. The van der Waals surface area contributed by atoms with Crippen LogP contribution in [0, 0.1) is 0 Å². The third-order valence-corrected chi connectivity index (χ3v) is 2.72. The standard InChI is InChI=1S/C12H19N3O4/c1-3-6-14-8-9(13)11(17)15(12(14)18)7-4-5-10(16)19-2/h8H,3-7,13H2,1-2H3. The molecular weight excluding hydrogens is 250 g/mol. The number of nitrogens with two attached hydrogens (primary N) is 1. The molecule has 1 heterocycles. The number of carbonyl (C=O) groups is 1. The van der Waals surface area contributed by atoms with Crippen LogP contribution in [0.25, 0.3) is 0 Å². The minimum Gasteiger partial charge on any atom is -0.469 e. The maximum Gasteiger partial charge on any atom is 0.331 e. The molecule has 0 aromatic carbocycles. The van der Waals surface area contributed by atoms with Crippen LogP contribution in [0.1, 0.15) is 26.2 Å². The van der Waals surface area contributed by atoms with E-state index in [1.54, 1.807) is 0 Å². The number of aryl methyl sites for hydroxylation is 1. The lowest BCUT2D eigenvalue weighted by Gasteiger charge is -2.10. The molecule has 0 atom stereocenters. The van der Waals surface area contributed by atoms with Gasteiger partial charge in [-0.25, -0.2) is 4.79 Å². The van der Waals surface area contributed by atoms with E-state index < -0.39 is 11.2 Å². The summed E-state index contributed by atoms with van der Waals surface area (Å²) in [6.07, 6.45) is 2.65. The van der Waals surface area contributed by atoms with Gasteiger partial charge in [-0.2, -0.15) is 0 Å². The van der Waals surface area contributed by atoms with Gasteiger partial charge in [-0.05, 0) is 12.8 Å². The van der Waals surface area contributed by atoms with E-state index in [0.717, 1.165) is 11.0 Å². The average molecular weight is 269 g/mol. The first-order valence-corrected chi connectivity index (χ1v) is 6.17. The summed E-state index contributed by atoms with van der Waals surface area (Å²) in [7, 11) is 1.29. The molecule has 106 valence electrons. The van der Waals surface area contributed by atoms with Crippen LogP contribution in [-0.4, -0.2) is 22.2 Å². The molecule has 1 aromatic rings. The van der Waals surface area contributed by atoms with Gasteiger partial charge in [0.1, 0.15) is 5.69 Å². The summed E-state index contributed by atoms with van der Waals surface area (Å²) in [6.45, 7) is 2.58. The van der Waals surface area contributed by atoms with Gasteiger partial charge in [-0.15, -0.1) is 0 Å². The number of rotatable bonds is 6. The van der Waals surface area contributed by atoms with Gasteiger partial charge in [0, 0.05) is 25.7 Å². The van der Waals surface area contributed by atoms with Crippen molar-refractivity contribution in [1.29, 1.82) is 0 Å². The molecule has 0 aliphatic rings. The van der Waals surface area contributed by atoms with Gasteiger partial charge < -0.3 is 10.5 Å². The number of hydrogen-bond donors (Lipinski definition) is 1. The van der Waals surface area contributed by atoms with E-state index >= 15 is 0 Å². The van der Waals surface area contributed by atoms with Crippen molar-refractivity contribution < 1.29 is 9.53 Å². The molecule has 0 spiro atoms. The highest BCUT2D eigenvalue weighted by molar-refractivity contribution is 5.68. The minimum atomic E-state index is -0.512. The van der Waals surface area contributed by atoms with Crippen LogP contribution in [-0.2, 0) is 22.6 Å². The average Bonchev–Trinajstić information content (AvgIpc) is 2.39. The molecular formula is C12H19N3O4. The summed E-state index contributed by atoms with van der Waals surface area (Å²) >= 11 is 0. The van der Waals surface area contributed by atoms with Crippen LogP contribution < -0.4 is 17.0 Å². The molecule has 2 N–H and O–H groups in total. The maximum atomic E-state index is 12.0. The van der Waals surface area contributed by atoms with Crippen molar-refractivity contribution in [1.82, 2.24) is 9.13 Å². The van der Waals surface area contributed by atoms with Crippen molar-refractivity contribution in [3.05, 3.63) is 27.0 Å². The van der Waals surface area contributed by atoms with Crippen LogP contribution in [0.15, 0.2) is 15.8 Å². The second-order valence-electron chi connectivity index (χ2n) is 4.20. The molecule has 0 bridgehead atoms. The SMILES string of the molecule is CCCn1cc(N)c(=O)n(CCCC(=O)OC)c1=O. The Morgan fingerprint density at radius 3 is 2.63 bits per heavy atom. The lowest BCUT2D eigenvalue weighted by atomic mass is 10.3. The molecule has 0 saturated heterocycles. The molecule has 1 rings (SSSR count). The lowest BCUT2D eigenvalue weighted by Crippen LogP contribution is -2.40. The highest BCUT2D eigenvalue weighted by Crippen LogP contribution is 1.96. The molecule has 0 radical (unpaired) electrons. The summed E-state index contributed by atoms with van der Waals surface area (Å²) in [4.78, 5) is 34.8. The van der Waals surface area contributed by atoms with Gasteiger partial charge in [-0.3, -0.25) is 18.7 Å². The maximum absolute atomic E-state index is 12.0. The second-order valence-corrected chi connectivity index (χ2v) is 4.20. The van der Waals surface area contributed by atoms with Gasteiger partial charge >= 0.3 is 11.7 Å². The highest BCUT2D eigenvalue weighted by Gasteiger charge is 2.09. The summed E-state index contributed by atoms with van der Waals surface area (Å²) in [5, 5.41) is 0. The molecule has 0 unspecified atom stereocenters. The number of nitrogen functional groups attached to an aromatic ring is 1. The number of ether oxygens (including phenoxy) is 1. The first kappa shape index (κ1) is 15.0. The van der Waals surface area contributed by atoms with Crippen molar-refractivity contribution in [2.45, 2.75) is 39.3 Å². The number of esters is 1. The van der Waals surface area contributed by atoms with Crippen molar-refractivity contribution in [2.75, 3.05) is 12.8 Å². The van der Waals surface area contributed by atoms with E-state index in [0.29, 0.717) is 13.0 Å². The van der Waals surface area contributed by atoms with Crippen molar-refractivity contribution in [3.8, 4) is 0 Å². The Balaban J connectivity index is 2.96. The van der Waals surface area contributed by atoms with Crippen molar-refractivity contribution in [2.24, 2.45) is 0 Å². The van der Waals surface area contributed by atoms with Crippen molar-refractivity contribution in [3.63, 3.8) is 0 Å². The van der Waals surface area contributed by atoms with Crippen LogP contribution >= 0.6 is 0 Å². The number of anilines is 1. The summed E-state index contributed by atoms with van der Waals surface area (Å²) < 4.78 is 6.98. The summed E-state index contributed by atoms with van der Waals surface area (Å²) in [5.74, 6) is -0.370. The van der Waals surface area contributed by atoms with Gasteiger partial charge in [0.05, 0.1) is 7.11 Å². The molecule has 0 aliphatic heterocycles. The molecule has 0 aliphatic carbocycles. The van der Waals surface area contributed by atoms with E-state index in [2.05, 4.69) is 4.74 Å². The minimum absolute atomic E-state index is 0.0334. The Kier molecular flexibility index (Phi) is 5.35. The Hall–Kier alpha value is -2.05. The Labute approximate surface area is 110 Å². The first-order chi connectivity index (χ1) is 9.01. The van der Waals surface area contributed by atoms with E-state index in [4.69, 9.17) is 5.73 Å². The Bertz CT molecular complexity index is 559. The predicted molar refractivity (Wildman–Crippen MR) is 70.9 cm³/mol. The number of aromatic nitrogens is 2. The fourth-order valence-corrected chi connectivity index (χ4v) is 1.76. The fraction of sp³-hybridized carbons (Fsp3) is 0.583. The predicted octanol–water partition coefficient (Wildman–Crippen LogP) is -0.0446. The number of carbonyl (C=O) groups excluding carboxylic acids is 1. The van der Waals surface area contributed by atoms with Crippen LogP contribution in [0.5, 0.6) is 0 Å². The number of methoxy groups -OCH3 is 1. The first-order valence-electron chi connectivity index (χ1n) is 6.17. The molecule has 0 amide bonds. The van der Waals surface area contributed by atoms with Crippen molar-refractivity contribution >= 4 is 11.7 Å². The van der Waals surface area contributed by atoms with Crippen LogP contribution in [0.4, 0.5) is 5.69 Å². The van der Waals surface area contributed by atoms with E-state index in [-0.39, 0.29) is 24.6 Å². The smallest absolute Gasteiger partial charge is 0.331 e. The molecule has 7 nitrogen and oxygen atoms in total. The van der Waals surface area contributed by atoms with E-state index in [9.17, 15) is 14.4 Å². The van der Waals surface area contributed by atoms with Crippen LogP contribution in [0.2, 0.25) is 0 Å². The zero-order valence-corrected chi connectivity index (χ0v) is 11.2. The summed E-state index contributed by atoms with van der Waals surface area (Å²) in [6, 6.07) is 0. The topological polar surface area (TPSA) is 96.3 Å². The Morgan fingerprint density at radius 1 is 1.37 bits per heavy atom. The highest BCUT2D eigenvalue weighted by atomic mass is 16.5. The van der Waals surface area contributed by atoms with E-state index in [1.165, 1.54) is 17.9 Å². The number of hydrogen-bond acceptors (Lipinski definition) is 5. The third-order valence-electron chi connectivity index (χ3n) is 2.72. The normalized spacial score (nSPS) is 10.4. The molecule has 19 heavy (non-hydrogen) atoms. The molecule has 7 heteroatoms. The summed E-state index contributed by atoms with van der Waals surface area (Å²) in [5.41, 5.74) is 4.72. The number of nitrogens with zero attached hydrogens (tertiary/aromatic N) is 2. The molecule has 1 aromatic heterocycles. The molecule has 0 saturated carbocycles. The zero-order valence-electron chi connectivity index (χ0n) is 11.2. The Morgan fingerprint density at radius 2 is 2.05 bits per heavy atom. The van der Waals surface area contributed by atoms with Gasteiger partial charge in [-0.1, -0.05) is 6.92 Å². The van der Waals surface area contributed by atoms with Gasteiger partial charge in [0.25, 0.3) is 5.56 Å². The van der Waals surface area contributed by atoms with Crippen LogP contribution in [0.3, 0.4) is 0 Å². The van der Waals surface area contributed by atoms with Gasteiger partial charge in [0.15, 0.2) is 0 Å². The lowest BCUT2D eigenvalue weighted by molar-refractivity contribution is -0.140. The largest absolute Gasteiger partial charge is 0.469 e. The van der Waals surface area contributed by atoms with Gasteiger partial charge in [0.2, 0.25) is 0 Å². The molecule has 0 fully saturated rings. The quantitative estimate of drug-likeness (QED) is 0.731. The second kappa shape index (κ2) is 6.77.